The molecule has 1 aromatic rings. The van der Waals surface area contributed by atoms with Gasteiger partial charge in [-0.25, -0.2) is 8.42 Å². The fraction of sp³-hybridized carbons (Fsp3) is 0.636. The van der Waals surface area contributed by atoms with Gasteiger partial charge in [0.15, 0.2) is 5.00 Å². The minimum Gasteiger partial charge on any atom is -0.393 e. The van der Waals surface area contributed by atoms with Crippen molar-refractivity contribution >= 4 is 32.0 Å². The molecule has 1 aliphatic heterocycles. The van der Waals surface area contributed by atoms with Gasteiger partial charge >= 0.3 is 5.69 Å². The zero-order valence-electron chi connectivity index (χ0n) is 11.6. The number of nitrogens with one attached hydrogen (secondary N) is 1. The first-order valence-electron chi connectivity index (χ1n) is 6.41. The summed E-state index contributed by atoms with van der Waals surface area (Å²) in [5, 5.41) is 23.3. The molecule has 2 rings (SSSR count). The van der Waals surface area contributed by atoms with E-state index in [-0.39, 0.29) is 27.4 Å². The molecule has 10 heteroatoms. The van der Waals surface area contributed by atoms with Crippen molar-refractivity contribution in [3.8, 4) is 0 Å². The Morgan fingerprint density at radius 2 is 2.29 bits per heavy atom. The first-order valence-corrected chi connectivity index (χ1v) is 8.67. The van der Waals surface area contributed by atoms with Gasteiger partial charge in [-0.2, -0.15) is 4.31 Å². The number of nitro groups is 1. The Hall–Kier alpha value is -1.23. The fourth-order valence-electron chi connectivity index (χ4n) is 2.29. The summed E-state index contributed by atoms with van der Waals surface area (Å²) in [7, 11) is -2.25. The fourth-order valence-corrected chi connectivity index (χ4v) is 5.24. The van der Waals surface area contributed by atoms with Crippen molar-refractivity contribution in [2.45, 2.75) is 23.7 Å². The lowest BCUT2D eigenvalue weighted by molar-refractivity contribution is -0.383. The minimum absolute atomic E-state index is 0.0511. The Kier molecular flexibility index (Phi) is 4.51. The SMILES string of the molecule is CNc1sc(S(=O)(=O)N2CCC(C(C)O)C2)cc1[N+](=O)[O-]. The minimum atomic E-state index is -3.75. The van der Waals surface area contributed by atoms with Gasteiger partial charge in [0.2, 0.25) is 0 Å². The van der Waals surface area contributed by atoms with E-state index < -0.39 is 21.1 Å². The van der Waals surface area contributed by atoms with Crippen LogP contribution in [0.3, 0.4) is 0 Å². The van der Waals surface area contributed by atoms with Crippen LogP contribution >= 0.6 is 11.3 Å². The average Bonchev–Trinajstić information content (AvgIpc) is 3.06. The molecule has 1 aliphatic rings. The van der Waals surface area contributed by atoms with Crippen LogP contribution in [0.4, 0.5) is 10.7 Å². The number of nitrogens with zero attached hydrogens (tertiary/aromatic N) is 2. The molecule has 0 bridgehead atoms. The van der Waals surface area contributed by atoms with E-state index in [2.05, 4.69) is 5.32 Å². The molecule has 21 heavy (non-hydrogen) atoms. The molecule has 118 valence electrons. The molecule has 2 atom stereocenters. The average molecular weight is 335 g/mol. The molecular weight excluding hydrogens is 318 g/mol. The molecule has 0 aliphatic carbocycles. The van der Waals surface area contributed by atoms with Crippen molar-refractivity contribution in [3.63, 3.8) is 0 Å². The predicted molar refractivity (Wildman–Crippen MR) is 79.1 cm³/mol. The smallest absolute Gasteiger partial charge is 0.304 e. The van der Waals surface area contributed by atoms with Gasteiger partial charge < -0.3 is 10.4 Å². The van der Waals surface area contributed by atoms with Crippen LogP contribution in [-0.2, 0) is 10.0 Å². The maximum atomic E-state index is 12.5. The highest BCUT2D eigenvalue weighted by molar-refractivity contribution is 7.91. The van der Waals surface area contributed by atoms with E-state index in [4.69, 9.17) is 0 Å². The molecule has 0 spiro atoms. The van der Waals surface area contributed by atoms with Crippen molar-refractivity contribution in [3.05, 3.63) is 16.2 Å². The second-order valence-corrected chi connectivity index (χ2v) is 8.16. The van der Waals surface area contributed by atoms with Crippen LogP contribution in [-0.4, -0.2) is 49.0 Å². The topological polar surface area (TPSA) is 113 Å². The van der Waals surface area contributed by atoms with Crippen LogP contribution < -0.4 is 5.32 Å². The second kappa shape index (κ2) is 5.87. The van der Waals surface area contributed by atoms with Gasteiger partial charge in [0.05, 0.1) is 11.0 Å². The van der Waals surface area contributed by atoms with Crippen LogP contribution in [0.15, 0.2) is 10.3 Å². The molecule has 2 unspecified atom stereocenters. The van der Waals surface area contributed by atoms with Crippen molar-refractivity contribution in [2.75, 3.05) is 25.5 Å². The third kappa shape index (κ3) is 3.03. The summed E-state index contributed by atoms with van der Waals surface area (Å²) in [6, 6.07) is 1.08. The lowest BCUT2D eigenvalue weighted by Crippen LogP contribution is -2.30. The van der Waals surface area contributed by atoms with Crippen molar-refractivity contribution in [2.24, 2.45) is 5.92 Å². The molecular formula is C11H17N3O5S2. The van der Waals surface area contributed by atoms with Crippen LogP contribution in [0.1, 0.15) is 13.3 Å². The number of rotatable bonds is 5. The monoisotopic (exact) mass is 335 g/mol. The maximum absolute atomic E-state index is 12.5. The molecule has 0 amide bonds. The number of thiophene rings is 1. The third-order valence-electron chi connectivity index (χ3n) is 3.58. The summed E-state index contributed by atoms with van der Waals surface area (Å²) in [5.41, 5.74) is -0.243. The molecule has 1 saturated heterocycles. The van der Waals surface area contributed by atoms with E-state index in [1.807, 2.05) is 0 Å². The Labute approximate surface area is 126 Å². The van der Waals surface area contributed by atoms with Gasteiger partial charge in [0, 0.05) is 26.2 Å². The van der Waals surface area contributed by atoms with Gasteiger partial charge in [0.25, 0.3) is 10.0 Å². The zero-order valence-corrected chi connectivity index (χ0v) is 13.3. The van der Waals surface area contributed by atoms with Crippen LogP contribution in [0, 0.1) is 16.0 Å². The van der Waals surface area contributed by atoms with E-state index in [1.54, 1.807) is 6.92 Å². The van der Waals surface area contributed by atoms with Crippen LogP contribution in [0.2, 0.25) is 0 Å². The third-order valence-corrected chi connectivity index (χ3v) is 7.03. The number of aliphatic hydroxyl groups is 1. The van der Waals surface area contributed by atoms with Crippen molar-refractivity contribution in [1.82, 2.24) is 4.31 Å². The number of anilines is 1. The summed E-state index contributed by atoms with van der Waals surface area (Å²) in [5.74, 6) is -0.0986. The van der Waals surface area contributed by atoms with Crippen LogP contribution in [0.5, 0.6) is 0 Å². The standard InChI is InChI=1S/C11H17N3O5S2/c1-7(15)8-3-4-13(6-8)21(18,19)10-5-9(14(16)17)11(12-2)20-10/h5,7-8,12,15H,3-4,6H2,1-2H3. The van der Waals surface area contributed by atoms with Crippen LogP contribution in [0.25, 0.3) is 0 Å². The second-order valence-electron chi connectivity index (χ2n) is 4.94. The quantitative estimate of drug-likeness (QED) is 0.615. The molecule has 0 saturated carbocycles. The molecule has 1 aromatic heterocycles. The summed E-state index contributed by atoms with van der Waals surface area (Å²) < 4.78 is 26.2. The summed E-state index contributed by atoms with van der Waals surface area (Å²) in [6.07, 6.45) is 0.0132. The molecule has 2 heterocycles. The van der Waals surface area contributed by atoms with Gasteiger partial charge in [-0.1, -0.05) is 11.3 Å². The van der Waals surface area contributed by atoms with E-state index in [0.717, 1.165) is 17.4 Å². The highest BCUT2D eigenvalue weighted by Crippen LogP contribution is 2.39. The largest absolute Gasteiger partial charge is 0.393 e. The molecule has 0 radical (unpaired) electrons. The lowest BCUT2D eigenvalue weighted by Gasteiger charge is -2.16. The summed E-state index contributed by atoms with van der Waals surface area (Å²) >= 11 is 0.846. The number of sulfonamides is 1. The van der Waals surface area contributed by atoms with Gasteiger partial charge in [0.1, 0.15) is 4.21 Å². The number of aliphatic hydroxyl groups excluding tert-OH is 1. The van der Waals surface area contributed by atoms with Gasteiger partial charge in [-0.15, -0.1) is 0 Å². The zero-order chi connectivity index (χ0) is 15.8. The maximum Gasteiger partial charge on any atom is 0.304 e. The molecule has 8 nitrogen and oxygen atoms in total. The van der Waals surface area contributed by atoms with Gasteiger partial charge in [-0.3, -0.25) is 10.1 Å². The van der Waals surface area contributed by atoms with E-state index in [9.17, 15) is 23.6 Å². The lowest BCUT2D eigenvalue weighted by atomic mass is 10.0. The Morgan fingerprint density at radius 3 is 2.71 bits per heavy atom. The summed E-state index contributed by atoms with van der Waals surface area (Å²) in [4.78, 5) is 10.3. The van der Waals surface area contributed by atoms with Crippen molar-refractivity contribution in [1.29, 1.82) is 0 Å². The number of hydrogen-bond donors (Lipinski definition) is 2. The molecule has 0 aromatic carbocycles. The first kappa shape index (κ1) is 16.1. The number of hydrogen-bond acceptors (Lipinski definition) is 7. The highest BCUT2D eigenvalue weighted by atomic mass is 32.2. The normalized spacial score (nSPS) is 21.4. The highest BCUT2D eigenvalue weighted by Gasteiger charge is 2.36. The predicted octanol–water partition coefficient (Wildman–Crippen LogP) is 1.09. The summed E-state index contributed by atoms with van der Waals surface area (Å²) in [6.45, 7) is 2.19. The molecule has 1 fully saturated rings. The van der Waals surface area contributed by atoms with E-state index in [1.165, 1.54) is 11.4 Å². The first-order chi connectivity index (χ1) is 9.77. The Bertz CT molecular complexity index is 640. The van der Waals surface area contributed by atoms with Gasteiger partial charge in [-0.05, 0) is 19.3 Å². The van der Waals surface area contributed by atoms with E-state index >= 15 is 0 Å². The Balaban J connectivity index is 2.31. The van der Waals surface area contributed by atoms with E-state index in [0.29, 0.717) is 13.0 Å². The molecule has 2 N–H and O–H groups in total. The van der Waals surface area contributed by atoms with Crippen molar-refractivity contribution < 1.29 is 18.4 Å². The Morgan fingerprint density at radius 1 is 1.62 bits per heavy atom.